The Morgan fingerprint density at radius 1 is 1.33 bits per heavy atom. The molecule has 0 aliphatic rings. The van der Waals surface area contributed by atoms with Crippen LogP contribution in [0.1, 0.15) is 10.4 Å². The fourth-order valence-corrected chi connectivity index (χ4v) is 2.02. The molecular weight excluding hydrogens is 352 g/mol. The molecule has 0 saturated heterocycles. The van der Waals surface area contributed by atoms with Crippen molar-refractivity contribution in [2.45, 2.75) is 6.61 Å². The lowest BCUT2D eigenvalue weighted by Crippen LogP contribution is -2.12. The van der Waals surface area contributed by atoms with Gasteiger partial charge in [0, 0.05) is 11.8 Å². The second-order valence-corrected chi connectivity index (χ2v) is 4.53. The maximum absolute atomic E-state index is 12.3. The van der Waals surface area contributed by atoms with E-state index in [-0.39, 0.29) is 27.4 Å². The normalized spacial score (nSPS) is 10.5. The van der Waals surface area contributed by atoms with Gasteiger partial charge in [0.25, 0.3) is 5.91 Å². The highest BCUT2D eigenvalue weighted by molar-refractivity contribution is 9.10. The number of rotatable bonds is 5. The van der Waals surface area contributed by atoms with Gasteiger partial charge in [-0.15, -0.1) is 0 Å². The predicted octanol–water partition coefficient (Wildman–Crippen LogP) is 3.90. The molecule has 1 aromatic heterocycles. The summed E-state index contributed by atoms with van der Waals surface area (Å²) < 4.78 is 39.1. The first-order valence-corrected chi connectivity index (χ1v) is 6.47. The Morgan fingerprint density at radius 3 is 2.67 bits per heavy atom. The van der Waals surface area contributed by atoms with Crippen LogP contribution in [0.4, 0.5) is 14.5 Å². The highest BCUT2D eigenvalue weighted by Crippen LogP contribution is 2.31. The van der Waals surface area contributed by atoms with Gasteiger partial charge in [-0.05, 0) is 34.1 Å². The molecule has 8 heteroatoms. The first-order chi connectivity index (χ1) is 10.0. The average molecular weight is 362 g/mol. The molecule has 0 fully saturated rings. The van der Waals surface area contributed by atoms with Gasteiger partial charge < -0.3 is 19.2 Å². The highest BCUT2D eigenvalue weighted by atomic mass is 79.9. The minimum Gasteiger partial charge on any atom is -0.493 e. The Balaban J connectivity index is 2.20. The van der Waals surface area contributed by atoms with Crippen LogP contribution in [0.15, 0.2) is 39.6 Å². The lowest BCUT2D eigenvalue weighted by Gasteiger charge is -2.12. The number of carbonyl (C=O) groups excluding carboxylic acids is 1. The molecule has 0 radical (unpaired) electrons. The molecule has 1 heterocycles. The summed E-state index contributed by atoms with van der Waals surface area (Å²) >= 11 is 3.08. The number of carbonyl (C=O) groups is 1. The summed E-state index contributed by atoms with van der Waals surface area (Å²) in [5.74, 6) is -0.488. The van der Waals surface area contributed by atoms with E-state index in [1.807, 2.05) is 0 Å². The molecule has 1 N–H and O–H groups in total. The second-order valence-electron chi connectivity index (χ2n) is 3.81. The molecule has 21 heavy (non-hydrogen) atoms. The van der Waals surface area contributed by atoms with Gasteiger partial charge in [0.15, 0.2) is 16.2 Å². The zero-order chi connectivity index (χ0) is 15.4. The van der Waals surface area contributed by atoms with Gasteiger partial charge in [0.1, 0.15) is 0 Å². The highest BCUT2D eigenvalue weighted by Gasteiger charge is 2.15. The Kier molecular flexibility index (Phi) is 4.79. The van der Waals surface area contributed by atoms with E-state index in [2.05, 4.69) is 26.0 Å². The van der Waals surface area contributed by atoms with Crippen molar-refractivity contribution in [1.82, 2.24) is 0 Å². The van der Waals surface area contributed by atoms with Gasteiger partial charge in [-0.25, -0.2) is 0 Å². The zero-order valence-corrected chi connectivity index (χ0v) is 12.3. The van der Waals surface area contributed by atoms with Crippen molar-refractivity contribution < 1.29 is 27.5 Å². The van der Waals surface area contributed by atoms with E-state index in [1.165, 1.54) is 37.6 Å². The third-order valence-electron chi connectivity index (χ3n) is 2.50. The van der Waals surface area contributed by atoms with Crippen LogP contribution in [0.5, 0.6) is 11.5 Å². The van der Waals surface area contributed by atoms with Crippen molar-refractivity contribution in [3.8, 4) is 11.5 Å². The summed E-state index contributed by atoms with van der Waals surface area (Å²) in [5, 5.41) is 2.54. The molecule has 2 aromatic rings. The van der Waals surface area contributed by atoms with Gasteiger partial charge in [0.2, 0.25) is 0 Å². The number of hydrogen-bond acceptors (Lipinski definition) is 4. The van der Waals surface area contributed by atoms with Crippen molar-refractivity contribution in [1.29, 1.82) is 0 Å². The standard InChI is InChI=1S/C13H10BrF2NO4/c1-19-9-3-2-7(6-10(9)21-13(15)16)17-12(18)8-4-5-20-11(8)14/h2-6,13H,1H3,(H,17,18). The van der Waals surface area contributed by atoms with Gasteiger partial charge >= 0.3 is 6.61 Å². The molecule has 0 bridgehead atoms. The van der Waals surface area contributed by atoms with Crippen molar-refractivity contribution in [3.63, 3.8) is 0 Å². The van der Waals surface area contributed by atoms with Crippen LogP contribution in [0.3, 0.4) is 0 Å². The Morgan fingerprint density at radius 2 is 2.10 bits per heavy atom. The van der Waals surface area contributed by atoms with Crippen LogP contribution < -0.4 is 14.8 Å². The van der Waals surface area contributed by atoms with Gasteiger partial charge in [0.05, 0.1) is 18.9 Å². The van der Waals surface area contributed by atoms with E-state index in [4.69, 9.17) is 9.15 Å². The first-order valence-electron chi connectivity index (χ1n) is 5.68. The molecule has 5 nitrogen and oxygen atoms in total. The summed E-state index contributed by atoms with van der Waals surface area (Å²) in [7, 11) is 1.33. The van der Waals surface area contributed by atoms with Gasteiger partial charge in [-0.2, -0.15) is 8.78 Å². The quantitative estimate of drug-likeness (QED) is 0.876. The lowest BCUT2D eigenvalue weighted by molar-refractivity contribution is -0.0511. The van der Waals surface area contributed by atoms with E-state index in [0.717, 1.165) is 0 Å². The number of halogens is 3. The number of amides is 1. The van der Waals surface area contributed by atoms with Crippen LogP contribution in [-0.4, -0.2) is 19.6 Å². The number of anilines is 1. The van der Waals surface area contributed by atoms with E-state index in [1.54, 1.807) is 0 Å². The van der Waals surface area contributed by atoms with Crippen LogP contribution in [-0.2, 0) is 0 Å². The summed E-state index contributed by atoms with van der Waals surface area (Å²) in [6.07, 6.45) is 1.35. The average Bonchev–Trinajstić information content (AvgIpc) is 2.85. The minimum atomic E-state index is -2.99. The predicted molar refractivity (Wildman–Crippen MR) is 74.0 cm³/mol. The molecule has 0 aliphatic carbocycles. The monoisotopic (exact) mass is 361 g/mol. The molecule has 0 spiro atoms. The third kappa shape index (κ3) is 3.72. The number of benzene rings is 1. The Hall–Kier alpha value is -2.09. The molecule has 2 rings (SSSR count). The van der Waals surface area contributed by atoms with Gasteiger partial charge in [-0.3, -0.25) is 4.79 Å². The molecular formula is C13H10BrF2NO4. The number of alkyl halides is 2. The molecule has 0 unspecified atom stereocenters. The number of furan rings is 1. The molecule has 1 amide bonds. The molecule has 0 saturated carbocycles. The smallest absolute Gasteiger partial charge is 0.387 e. The number of methoxy groups -OCH3 is 1. The summed E-state index contributed by atoms with van der Waals surface area (Å²) in [4.78, 5) is 12.0. The molecule has 0 aliphatic heterocycles. The van der Waals surface area contributed by atoms with Crippen LogP contribution >= 0.6 is 15.9 Å². The number of hydrogen-bond donors (Lipinski definition) is 1. The van der Waals surface area contributed by atoms with Crippen molar-refractivity contribution >= 4 is 27.5 Å². The lowest BCUT2D eigenvalue weighted by atomic mass is 10.2. The van der Waals surface area contributed by atoms with Gasteiger partial charge in [-0.1, -0.05) is 0 Å². The Bertz CT molecular complexity index is 645. The molecule has 1 aromatic carbocycles. The summed E-state index contributed by atoms with van der Waals surface area (Å²) in [6.45, 7) is -2.99. The fourth-order valence-electron chi connectivity index (χ4n) is 1.60. The molecule has 0 atom stereocenters. The van der Waals surface area contributed by atoms with E-state index < -0.39 is 12.5 Å². The van der Waals surface area contributed by atoms with Crippen LogP contribution in [0.25, 0.3) is 0 Å². The summed E-state index contributed by atoms with van der Waals surface area (Å²) in [5.41, 5.74) is 0.562. The van der Waals surface area contributed by atoms with Crippen molar-refractivity contribution in [2.24, 2.45) is 0 Å². The minimum absolute atomic E-state index is 0.137. The molecule has 112 valence electrons. The first kappa shape index (κ1) is 15.3. The topological polar surface area (TPSA) is 60.7 Å². The largest absolute Gasteiger partial charge is 0.493 e. The fraction of sp³-hybridized carbons (Fsp3) is 0.154. The van der Waals surface area contributed by atoms with Crippen molar-refractivity contribution in [2.75, 3.05) is 12.4 Å². The SMILES string of the molecule is COc1ccc(NC(=O)c2ccoc2Br)cc1OC(F)F. The maximum Gasteiger partial charge on any atom is 0.387 e. The number of ether oxygens (including phenoxy) is 2. The second kappa shape index (κ2) is 6.57. The van der Waals surface area contributed by atoms with Crippen molar-refractivity contribution in [3.05, 3.63) is 40.8 Å². The van der Waals surface area contributed by atoms with Crippen LogP contribution in [0, 0.1) is 0 Å². The van der Waals surface area contributed by atoms with E-state index in [0.29, 0.717) is 0 Å². The summed E-state index contributed by atoms with van der Waals surface area (Å²) in [6, 6.07) is 5.64. The number of nitrogens with one attached hydrogen (secondary N) is 1. The van der Waals surface area contributed by atoms with E-state index >= 15 is 0 Å². The maximum atomic E-state index is 12.3. The Labute approximate surface area is 127 Å². The third-order valence-corrected chi connectivity index (χ3v) is 3.11. The van der Waals surface area contributed by atoms with E-state index in [9.17, 15) is 13.6 Å². The van der Waals surface area contributed by atoms with Crippen LogP contribution in [0.2, 0.25) is 0 Å². The zero-order valence-electron chi connectivity index (χ0n) is 10.7.